The summed E-state index contributed by atoms with van der Waals surface area (Å²) >= 11 is 0. The Balaban J connectivity index is 2.22. The number of nitrogens with zero attached hydrogens (tertiary/aromatic N) is 1. The fraction of sp³-hybridized carbons (Fsp3) is 0.533. The van der Waals surface area contributed by atoms with E-state index in [0.717, 1.165) is 30.6 Å². The van der Waals surface area contributed by atoms with Gasteiger partial charge in [0, 0.05) is 0 Å². The van der Waals surface area contributed by atoms with E-state index >= 15 is 0 Å². The van der Waals surface area contributed by atoms with Crippen LogP contribution in [0.5, 0.6) is 5.75 Å². The monoisotopic (exact) mass is 263 g/mol. The van der Waals surface area contributed by atoms with Crippen molar-refractivity contribution in [1.82, 2.24) is 5.06 Å². The largest absolute Gasteiger partial charge is 0.497 e. The lowest BCUT2D eigenvalue weighted by Gasteiger charge is -2.33. The molecule has 0 saturated heterocycles. The highest BCUT2D eigenvalue weighted by Crippen LogP contribution is 2.51. The molecule has 0 aromatic heterocycles. The smallest absolute Gasteiger partial charge is 0.234 e. The molecular weight excluding hydrogens is 242 g/mol. The molecule has 1 aliphatic rings. The Morgan fingerprint density at radius 2 is 1.79 bits per heavy atom. The Morgan fingerprint density at radius 1 is 1.21 bits per heavy atom. The maximum Gasteiger partial charge on any atom is 0.234 e. The highest BCUT2D eigenvalue weighted by molar-refractivity contribution is 5.51. The van der Waals surface area contributed by atoms with Crippen molar-refractivity contribution in [3.8, 4) is 5.75 Å². The molecular formula is C15H21NO3. The van der Waals surface area contributed by atoms with Crippen LogP contribution in [0.4, 0.5) is 0 Å². The van der Waals surface area contributed by atoms with Crippen molar-refractivity contribution in [2.45, 2.75) is 44.8 Å². The van der Waals surface area contributed by atoms with Gasteiger partial charge in [-0.05, 0) is 51.3 Å². The molecule has 0 atom stereocenters. The first-order valence-corrected chi connectivity index (χ1v) is 6.50. The zero-order valence-electron chi connectivity index (χ0n) is 12.0. The lowest BCUT2D eigenvalue weighted by molar-refractivity contribution is -0.240. The molecule has 4 heteroatoms. The van der Waals surface area contributed by atoms with Crippen LogP contribution in [0.3, 0.4) is 0 Å². The second-order valence-electron chi connectivity index (χ2n) is 5.89. The minimum absolute atomic E-state index is 0.304. The van der Waals surface area contributed by atoms with Crippen molar-refractivity contribution < 1.29 is 14.4 Å². The van der Waals surface area contributed by atoms with Gasteiger partial charge in [0.05, 0.1) is 18.2 Å². The van der Waals surface area contributed by atoms with Crippen LogP contribution < -0.4 is 4.74 Å². The third-order valence-corrected chi connectivity index (χ3v) is 3.24. The van der Waals surface area contributed by atoms with Crippen molar-refractivity contribution in [1.29, 1.82) is 0 Å². The van der Waals surface area contributed by atoms with Gasteiger partial charge in [0.15, 0.2) is 0 Å². The first-order valence-electron chi connectivity index (χ1n) is 6.50. The quantitative estimate of drug-likeness (QED) is 0.605. The molecule has 0 N–H and O–H groups in total. The van der Waals surface area contributed by atoms with Crippen LogP contribution in [-0.4, -0.2) is 24.2 Å². The number of ether oxygens (including phenoxy) is 1. The number of hydrogen-bond acceptors (Lipinski definition) is 3. The van der Waals surface area contributed by atoms with Gasteiger partial charge in [0.1, 0.15) is 5.75 Å². The molecule has 1 aliphatic carbocycles. The summed E-state index contributed by atoms with van der Waals surface area (Å²) in [5, 5.41) is 1.47. The fourth-order valence-electron chi connectivity index (χ4n) is 2.16. The molecule has 4 nitrogen and oxygen atoms in total. The molecule has 1 aromatic rings. The van der Waals surface area contributed by atoms with Crippen molar-refractivity contribution >= 4 is 6.41 Å². The van der Waals surface area contributed by atoms with Crippen LogP contribution in [0.25, 0.3) is 0 Å². The van der Waals surface area contributed by atoms with E-state index in [1.54, 1.807) is 7.11 Å². The van der Waals surface area contributed by atoms with Crippen LogP contribution in [0.15, 0.2) is 24.3 Å². The minimum Gasteiger partial charge on any atom is -0.497 e. The molecule has 104 valence electrons. The number of carbonyl (C=O) groups excluding carboxylic acids is 1. The van der Waals surface area contributed by atoms with Gasteiger partial charge in [-0.2, -0.15) is 0 Å². The van der Waals surface area contributed by atoms with E-state index in [-0.39, 0.29) is 11.1 Å². The van der Waals surface area contributed by atoms with Crippen LogP contribution in [0, 0.1) is 0 Å². The van der Waals surface area contributed by atoms with Gasteiger partial charge in [0.2, 0.25) is 6.41 Å². The molecule has 0 radical (unpaired) electrons. The summed E-state index contributed by atoms with van der Waals surface area (Å²) in [7, 11) is 1.64. The average molecular weight is 263 g/mol. The van der Waals surface area contributed by atoms with Crippen molar-refractivity contribution in [3.05, 3.63) is 29.8 Å². The first-order chi connectivity index (χ1) is 8.91. The summed E-state index contributed by atoms with van der Waals surface area (Å²) in [6.45, 7) is 5.81. The number of rotatable bonds is 5. The Labute approximate surface area is 114 Å². The molecule has 0 spiro atoms. The zero-order valence-corrected chi connectivity index (χ0v) is 12.0. The predicted molar refractivity (Wildman–Crippen MR) is 72.6 cm³/mol. The maximum absolute atomic E-state index is 11.3. The molecule has 0 bridgehead atoms. The topological polar surface area (TPSA) is 38.8 Å². The molecule has 0 aliphatic heterocycles. The SMILES string of the molecule is COc1ccc(C2(N(C=O)OC(C)(C)C)CC2)cc1. The van der Waals surface area contributed by atoms with Gasteiger partial charge in [0.25, 0.3) is 0 Å². The van der Waals surface area contributed by atoms with E-state index in [0.29, 0.717) is 0 Å². The van der Waals surface area contributed by atoms with Crippen LogP contribution >= 0.6 is 0 Å². The lowest BCUT2D eigenvalue weighted by atomic mass is 10.0. The highest BCUT2D eigenvalue weighted by Gasteiger charge is 2.51. The molecule has 1 fully saturated rings. The van der Waals surface area contributed by atoms with Crippen LogP contribution in [0.1, 0.15) is 39.2 Å². The van der Waals surface area contributed by atoms with E-state index in [9.17, 15) is 4.79 Å². The summed E-state index contributed by atoms with van der Waals surface area (Å²) in [5.74, 6) is 0.814. The highest BCUT2D eigenvalue weighted by atomic mass is 16.7. The Bertz CT molecular complexity index is 443. The average Bonchev–Trinajstić information content (AvgIpc) is 3.16. The lowest BCUT2D eigenvalue weighted by Crippen LogP contribution is -2.40. The third kappa shape index (κ3) is 2.89. The van der Waals surface area contributed by atoms with Crippen molar-refractivity contribution in [3.63, 3.8) is 0 Å². The third-order valence-electron chi connectivity index (χ3n) is 3.24. The van der Waals surface area contributed by atoms with Gasteiger partial charge in [-0.15, -0.1) is 0 Å². The first kappa shape index (κ1) is 13.9. The van der Waals surface area contributed by atoms with Crippen molar-refractivity contribution in [2.24, 2.45) is 0 Å². The van der Waals surface area contributed by atoms with Gasteiger partial charge >= 0.3 is 0 Å². The second kappa shape index (κ2) is 4.85. The number of hydroxylamine groups is 2. The number of methoxy groups -OCH3 is 1. The van der Waals surface area contributed by atoms with Crippen LogP contribution in [-0.2, 0) is 15.2 Å². The van der Waals surface area contributed by atoms with E-state index in [2.05, 4.69) is 0 Å². The molecule has 0 unspecified atom stereocenters. The molecule has 2 rings (SSSR count). The molecule has 0 heterocycles. The zero-order chi connectivity index (χ0) is 14.1. The van der Waals surface area contributed by atoms with Gasteiger partial charge in [-0.25, -0.2) is 5.06 Å². The fourth-order valence-corrected chi connectivity index (χ4v) is 2.16. The van der Waals surface area contributed by atoms with Crippen LogP contribution in [0.2, 0.25) is 0 Å². The van der Waals surface area contributed by atoms with Crippen molar-refractivity contribution in [2.75, 3.05) is 7.11 Å². The summed E-state index contributed by atoms with van der Waals surface area (Å²) in [6.07, 6.45) is 2.63. The Hall–Kier alpha value is -1.55. The van der Waals surface area contributed by atoms with Gasteiger partial charge in [-0.1, -0.05) is 12.1 Å². The second-order valence-corrected chi connectivity index (χ2v) is 5.89. The summed E-state index contributed by atoms with van der Waals surface area (Å²) in [5.41, 5.74) is 0.397. The molecule has 1 amide bonds. The Kier molecular flexibility index (Phi) is 3.54. The number of carbonyl (C=O) groups is 1. The maximum atomic E-state index is 11.3. The minimum atomic E-state index is -0.386. The Morgan fingerprint density at radius 3 is 2.16 bits per heavy atom. The molecule has 1 aromatic carbocycles. The van der Waals surface area contributed by atoms with Gasteiger partial charge in [-0.3, -0.25) is 9.63 Å². The molecule has 19 heavy (non-hydrogen) atoms. The summed E-state index contributed by atoms with van der Waals surface area (Å²) < 4.78 is 5.16. The summed E-state index contributed by atoms with van der Waals surface area (Å²) in [4.78, 5) is 17.1. The van der Waals surface area contributed by atoms with E-state index in [1.807, 2.05) is 45.0 Å². The van der Waals surface area contributed by atoms with E-state index in [4.69, 9.17) is 9.57 Å². The molecule has 1 saturated carbocycles. The summed E-state index contributed by atoms with van der Waals surface area (Å²) in [6, 6.07) is 7.81. The standard InChI is InChI=1S/C15H21NO3/c1-14(2,3)19-16(11-17)15(9-10-15)12-5-7-13(18-4)8-6-12/h5-8,11H,9-10H2,1-4H3. The van der Waals surface area contributed by atoms with Gasteiger partial charge < -0.3 is 4.74 Å². The number of benzene rings is 1. The van der Waals surface area contributed by atoms with E-state index < -0.39 is 0 Å². The normalized spacial score (nSPS) is 16.8. The number of amides is 1. The predicted octanol–water partition coefficient (Wildman–Crippen LogP) is 2.87. The number of hydrogen-bond donors (Lipinski definition) is 0. The van der Waals surface area contributed by atoms with E-state index in [1.165, 1.54) is 5.06 Å².